The zero-order valence-corrected chi connectivity index (χ0v) is 35.6. The molecular weight excluding hydrogens is 691 g/mol. The van der Waals surface area contributed by atoms with Crippen molar-refractivity contribution in [3.63, 3.8) is 0 Å². The molecule has 0 aliphatic carbocycles. The Kier molecular flexibility index (Phi) is 35.5. The predicted octanol–water partition coefficient (Wildman–Crippen LogP) is 11.6. The summed E-state index contributed by atoms with van der Waals surface area (Å²) in [6, 6.07) is -0.625. The molecule has 2 unspecified atom stereocenters. The van der Waals surface area contributed by atoms with Gasteiger partial charge in [-0.05, 0) is 32.1 Å². The topological polar surface area (TPSA) is 99.1 Å². The first-order valence-electron chi connectivity index (χ1n) is 21.6. The van der Waals surface area contributed by atoms with Gasteiger partial charge in [0.25, 0.3) is 0 Å². The highest BCUT2D eigenvalue weighted by Crippen LogP contribution is 2.14. The number of esters is 2. The van der Waals surface area contributed by atoms with Crippen LogP contribution in [0.4, 0.5) is 0 Å². The SMILES string of the molecule is CC/C=C/C=C/C=C/C=C/C=C/C=C/CCCCCC(=O)OC(COCCC(C(=O)O)[N+](C)(C)C)COC(=O)CCCCCCCCCCCCCCCC. The van der Waals surface area contributed by atoms with Crippen molar-refractivity contribution >= 4 is 17.9 Å². The van der Waals surface area contributed by atoms with Crippen LogP contribution in [0.5, 0.6) is 0 Å². The molecule has 0 aromatic rings. The monoisotopic (exact) mass is 771 g/mol. The van der Waals surface area contributed by atoms with E-state index in [1.54, 1.807) is 0 Å². The van der Waals surface area contributed by atoms with Crippen LogP contribution in [0.15, 0.2) is 72.9 Å². The second-order valence-electron chi connectivity index (χ2n) is 15.4. The number of carboxylic acid groups (broad SMARTS) is 1. The molecule has 0 aromatic carbocycles. The van der Waals surface area contributed by atoms with E-state index in [1.807, 2.05) is 81.9 Å². The van der Waals surface area contributed by atoms with Crippen LogP contribution in [0.2, 0.25) is 0 Å². The minimum atomic E-state index is -0.885. The van der Waals surface area contributed by atoms with Gasteiger partial charge in [-0.1, -0.05) is 177 Å². The molecule has 0 aromatic heterocycles. The van der Waals surface area contributed by atoms with Crippen molar-refractivity contribution in [2.24, 2.45) is 0 Å². The van der Waals surface area contributed by atoms with Gasteiger partial charge in [0.1, 0.15) is 6.61 Å². The van der Waals surface area contributed by atoms with E-state index >= 15 is 0 Å². The van der Waals surface area contributed by atoms with Crippen LogP contribution in [-0.4, -0.2) is 80.6 Å². The number of carbonyl (C=O) groups excluding carboxylic acids is 2. The van der Waals surface area contributed by atoms with Crippen molar-refractivity contribution < 1.29 is 38.2 Å². The molecule has 0 fully saturated rings. The summed E-state index contributed by atoms with van der Waals surface area (Å²) >= 11 is 0. The highest BCUT2D eigenvalue weighted by atomic mass is 16.6. The number of quaternary nitrogens is 1. The van der Waals surface area contributed by atoms with Gasteiger partial charge in [0.15, 0.2) is 12.1 Å². The van der Waals surface area contributed by atoms with Crippen molar-refractivity contribution in [3.05, 3.63) is 72.9 Å². The van der Waals surface area contributed by atoms with Gasteiger partial charge in [-0.3, -0.25) is 9.59 Å². The summed E-state index contributed by atoms with van der Waals surface area (Å²) in [6.07, 6.45) is 46.5. The quantitative estimate of drug-likeness (QED) is 0.0291. The molecule has 1 N–H and O–H groups in total. The third-order valence-corrected chi connectivity index (χ3v) is 9.28. The number of unbranched alkanes of at least 4 members (excludes halogenated alkanes) is 16. The van der Waals surface area contributed by atoms with Crippen LogP contribution in [-0.2, 0) is 28.6 Å². The van der Waals surface area contributed by atoms with Crippen LogP contribution < -0.4 is 0 Å². The first-order valence-corrected chi connectivity index (χ1v) is 21.6. The Morgan fingerprint density at radius 1 is 0.564 bits per heavy atom. The lowest BCUT2D eigenvalue weighted by molar-refractivity contribution is -0.887. The zero-order chi connectivity index (χ0) is 40.7. The van der Waals surface area contributed by atoms with Crippen LogP contribution in [0.25, 0.3) is 0 Å². The Balaban J connectivity index is 4.47. The number of hydrogen-bond donors (Lipinski definition) is 1. The zero-order valence-electron chi connectivity index (χ0n) is 35.6. The molecule has 0 heterocycles. The number of rotatable bonds is 37. The minimum absolute atomic E-state index is 0.0405. The molecule has 0 aliphatic rings. The first kappa shape index (κ1) is 51.8. The van der Waals surface area contributed by atoms with Gasteiger partial charge < -0.3 is 23.8 Å². The Hall–Kier alpha value is -3.23. The highest BCUT2D eigenvalue weighted by molar-refractivity contribution is 5.72. The summed E-state index contributed by atoms with van der Waals surface area (Å²) in [5.41, 5.74) is 0. The van der Waals surface area contributed by atoms with E-state index in [-0.39, 0.29) is 42.7 Å². The Morgan fingerprint density at radius 3 is 1.51 bits per heavy atom. The number of carbonyl (C=O) groups is 3. The van der Waals surface area contributed by atoms with Gasteiger partial charge in [0, 0.05) is 19.3 Å². The molecule has 0 aliphatic heterocycles. The van der Waals surface area contributed by atoms with E-state index in [9.17, 15) is 19.5 Å². The summed E-state index contributed by atoms with van der Waals surface area (Å²) < 4.78 is 17.2. The molecule has 314 valence electrons. The second-order valence-corrected chi connectivity index (χ2v) is 15.4. The molecule has 0 saturated carbocycles. The summed E-state index contributed by atoms with van der Waals surface area (Å²) in [7, 11) is 5.50. The molecule has 0 spiro atoms. The largest absolute Gasteiger partial charge is 0.477 e. The molecule has 0 amide bonds. The van der Waals surface area contributed by atoms with E-state index in [0.29, 0.717) is 19.3 Å². The molecule has 0 bridgehead atoms. The molecule has 8 nitrogen and oxygen atoms in total. The van der Waals surface area contributed by atoms with Gasteiger partial charge in [0.2, 0.25) is 0 Å². The van der Waals surface area contributed by atoms with Crippen molar-refractivity contribution in [2.45, 2.75) is 167 Å². The van der Waals surface area contributed by atoms with E-state index in [4.69, 9.17) is 14.2 Å². The van der Waals surface area contributed by atoms with E-state index < -0.39 is 18.1 Å². The molecule has 2 atom stereocenters. The minimum Gasteiger partial charge on any atom is -0.477 e. The van der Waals surface area contributed by atoms with Gasteiger partial charge in [-0.15, -0.1) is 0 Å². The van der Waals surface area contributed by atoms with Crippen molar-refractivity contribution in [3.8, 4) is 0 Å². The summed E-state index contributed by atoms with van der Waals surface area (Å²) in [5, 5.41) is 9.61. The van der Waals surface area contributed by atoms with Gasteiger partial charge in [-0.25, -0.2) is 4.79 Å². The lowest BCUT2D eigenvalue weighted by Gasteiger charge is -2.31. The fraction of sp³-hybridized carbons (Fsp3) is 0.681. The van der Waals surface area contributed by atoms with E-state index in [0.717, 1.165) is 44.9 Å². The van der Waals surface area contributed by atoms with Crippen LogP contribution in [0, 0.1) is 0 Å². The maximum Gasteiger partial charge on any atom is 0.362 e. The average molecular weight is 771 g/mol. The summed E-state index contributed by atoms with van der Waals surface area (Å²) in [6.45, 7) is 4.53. The molecule has 8 heteroatoms. The number of carboxylic acids is 1. The Bertz CT molecular complexity index is 1130. The Labute approximate surface area is 336 Å². The predicted molar refractivity (Wildman–Crippen MR) is 229 cm³/mol. The molecule has 0 radical (unpaired) electrons. The smallest absolute Gasteiger partial charge is 0.362 e. The molecular formula is C47H80NO7+. The number of ether oxygens (including phenoxy) is 3. The summed E-state index contributed by atoms with van der Waals surface area (Å²) in [5.74, 6) is -1.53. The number of likely N-dealkylation sites (N-methyl/N-ethyl adjacent to an activating group) is 1. The second kappa shape index (κ2) is 37.7. The van der Waals surface area contributed by atoms with Gasteiger partial charge in [0.05, 0.1) is 34.4 Å². The third-order valence-electron chi connectivity index (χ3n) is 9.28. The van der Waals surface area contributed by atoms with Crippen LogP contribution >= 0.6 is 0 Å². The van der Waals surface area contributed by atoms with Crippen LogP contribution in [0.3, 0.4) is 0 Å². The van der Waals surface area contributed by atoms with E-state index in [1.165, 1.54) is 70.6 Å². The number of hydrogen-bond acceptors (Lipinski definition) is 6. The normalized spacial score (nSPS) is 13.7. The maximum absolute atomic E-state index is 12.7. The standard InChI is InChI=1S/C47H79NO7/c1-6-8-10-12-14-16-18-20-22-23-24-26-28-30-32-34-36-38-46(50)55-43(41-53-40-39-44(47(51)52)48(3,4)5)42-54-45(49)37-35-33-31-29-27-25-21-19-17-15-13-11-9-7-2/h8,10,12,14,16,18,20,22-24,26,28,43-44H,6-7,9,11,13,15,17,19,21,25,27,29-42H2,1-5H3/p+1/b10-8+,14-12+,18-16+,22-20+,24-23+,28-26+. The van der Waals surface area contributed by atoms with Crippen LogP contribution in [0.1, 0.15) is 155 Å². The third kappa shape index (κ3) is 36.2. The van der Waals surface area contributed by atoms with Crippen molar-refractivity contribution in [1.29, 1.82) is 0 Å². The molecule has 55 heavy (non-hydrogen) atoms. The Morgan fingerprint density at radius 2 is 1.02 bits per heavy atom. The highest BCUT2D eigenvalue weighted by Gasteiger charge is 2.31. The number of aliphatic carboxylic acids is 1. The lowest BCUT2D eigenvalue weighted by atomic mass is 10.0. The summed E-state index contributed by atoms with van der Waals surface area (Å²) in [4.78, 5) is 36.9. The maximum atomic E-state index is 12.7. The van der Waals surface area contributed by atoms with Crippen molar-refractivity contribution in [2.75, 3.05) is 41.0 Å². The fourth-order valence-electron chi connectivity index (χ4n) is 5.95. The molecule has 0 saturated heterocycles. The molecule has 0 rings (SSSR count). The fourth-order valence-corrected chi connectivity index (χ4v) is 5.95. The lowest BCUT2D eigenvalue weighted by Crippen LogP contribution is -2.50. The van der Waals surface area contributed by atoms with Gasteiger partial charge in [-0.2, -0.15) is 0 Å². The average Bonchev–Trinajstić information content (AvgIpc) is 3.14. The van der Waals surface area contributed by atoms with E-state index in [2.05, 4.69) is 26.0 Å². The first-order chi connectivity index (χ1) is 26.6. The number of allylic oxidation sites excluding steroid dienone is 12. The number of nitrogens with zero attached hydrogens (tertiary/aromatic N) is 1. The van der Waals surface area contributed by atoms with Gasteiger partial charge >= 0.3 is 17.9 Å². The van der Waals surface area contributed by atoms with Crippen molar-refractivity contribution in [1.82, 2.24) is 0 Å².